The van der Waals surface area contributed by atoms with Gasteiger partial charge in [0, 0.05) is 38.8 Å². The van der Waals surface area contributed by atoms with Crippen LogP contribution in [-0.4, -0.2) is 26.5 Å². The van der Waals surface area contributed by atoms with Crippen LogP contribution in [0.25, 0.3) is 11.3 Å². The number of alkyl halides is 3. The first-order valence-electron chi connectivity index (χ1n) is 9.65. The first-order chi connectivity index (χ1) is 17.3. The van der Waals surface area contributed by atoms with Crippen LogP contribution in [0.15, 0.2) is 56.4 Å². The summed E-state index contributed by atoms with van der Waals surface area (Å²) < 4.78 is 41.6. The summed E-state index contributed by atoms with van der Waals surface area (Å²) in [7, 11) is 0. The molecule has 1 heterocycles. The molecule has 1 aromatic heterocycles. The number of nitro benzene ring substituents is 2. The monoisotopic (exact) mass is 659 g/mol. The first kappa shape index (κ1) is 28.0. The smallest absolute Gasteiger partial charge is 0.323 e. The highest BCUT2D eigenvalue weighted by Crippen LogP contribution is 2.39. The molecule has 190 valence electrons. The number of halogens is 5. The zero-order valence-electron chi connectivity index (χ0n) is 17.9. The van der Waals surface area contributed by atoms with Gasteiger partial charge < -0.3 is 5.32 Å². The Morgan fingerprint density at radius 3 is 2.11 bits per heavy atom. The second kappa shape index (κ2) is 11.2. The molecule has 10 nitrogen and oxygen atoms in total. The maximum atomic E-state index is 13.7. The van der Waals surface area contributed by atoms with Crippen molar-refractivity contribution in [2.24, 2.45) is 0 Å². The summed E-state index contributed by atoms with van der Waals surface area (Å²) >= 11 is 6.80. The van der Waals surface area contributed by atoms with Crippen molar-refractivity contribution < 1.29 is 27.8 Å². The molecule has 0 aliphatic rings. The predicted octanol–water partition coefficient (Wildman–Crippen LogP) is 6.71. The van der Waals surface area contributed by atoms with Crippen LogP contribution in [0.5, 0.6) is 0 Å². The zero-order chi connectivity index (χ0) is 27.5. The minimum atomic E-state index is -4.92. The number of anilines is 1. The van der Waals surface area contributed by atoms with E-state index >= 15 is 0 Å². The van der Waals surface area contributed by atoms with E-state index in [1.807, 2.05) is 0 Å². The molecule has 16 heteroatoms. The van der Waals surface area contributed by atoms with Gasteiger partial charge >= 0.3 is 6.18 Å². The highest BCUT2D eigenvalue weighted by Gasteiger charge is 2.36. The van der Waals surface area contributed by atoms with E-state index < -0.39 is 38.8 Å². The maximum absolute atomic E-state index is 13.7. The Balaban J connectivity index is 1.93. The zero-order valence-corrected chi connectivity index (χ0v) is 21.9. The Hall–Kier alpha value is -3.55. The quantitative estimate of drug-likeness (QED) is 0.167. The van der Waals surface area contributed by atoms with E-state index in [0.717, 1.165) is 24.3 Å². The van der Waals surface area contributed by atoms with Crippen molar-refractivity contribution in [3.63, 3.8) is 0 Å². The molecule has 2 aromatic carbocycles. The number of amides is 1. The normalized spacial score (nSPS) is 11.0. The summed E-state index contributed by atoms with van der Waals surface area (Å²) in [5.74, 6) is -1.15. The number of nitrogens with one attached hydrogen (secondary N) is 1. The van der Waals surface area contributed by atoms with Gasteiger partial charge in [-0.25, -0.2) is 4.98 Å². The van der Waals surface area contributed by atoms with Gasteiger partial charge in [-0.05, 0) is 50.1 Å². The van der Waals surface area contributed by atoms with E-state index in [9.17, 15) is 43.5 Å². The number of nitrogens with zero attached hydrogens (tertiary/aromatic N) is 4. The van der Waals surface area contributed by atoms with Crippen LogP contribution in [0.3, 0.4) is 0 Å². The van der Waals surface area contributed by atoms with Crippen LogP contribution in [0, 0.1) is 31.6 Å². The molecule has 0 atom stereocenters. The van der Waals surface area contributed by atoms with Crippen molar-refractivity contribution in [1.82, 2.24) is 4.98 Å². The van der Waals surface area contributed by atoms with Gasteiger partial charge in [-0.2, -0.15) is 18.4 Å². The lowest BCUT2D eigenvalue weighted by molar-refractivity contribution is -0.385. The van der Waals surface area contributed by atoms with E-state index in [1.54, 1.807) is 0 Å². The SMILES string of the molecule is N#Cc1c(C(F)(F)F)cc(-c2ccc([N+](=O)[O-])cc2)nc1SCC(=O)Nc1c(Br)cc([N+](=O)[O-])cc1Br. The summed E-state index contributed by atoms with van der Waals surface area (Å²) in [6, 6.07) is 9.10. The van der Waals surface area contributed by atoms with Gasteiger partial charge in [-0.15, -0.1) is 0 Å². The summed E-state index contributed by atoms with van der Waals surface area (Å²) in [5.41, 5.74) is -2.51. The molecule has 0 spiro atoms. The molecule has 0 fully saturated rings. The van der Waals surface area contributed by atoms with Gasteiger partial charge in [0.2, 0.25) is 5.91 Å². The number of rotatable bonds is 7. The van der Waals surface area contributed by atoms with E-state index in [0.29, 0.717) is 17.8 Å². The fourth-order valence-corrected chi connectivity index (χ4v) is 5.12. The van der Waals surface area contributed by atoms with Crippen molar-refractivity contribution >= 4 is 66.6 Å². The number of carbonyl (C=O) groups is 1. The Kier molecular flexibility index (Phi) is 8.51. The van der Waals surface area contributed by atoms with Gasteiger partial charge in [0.1, 0.15) is 11.1 Å². The van der Waals surface area contributed by atoms with Gasteiger partial charge in [0.15, 0.2) is 0 Å². The Bertz CT molecular complexity index is 1440. The topological polar surface area (TPSA) is 152 Å². The number of nitro groups is 2. The standard InChI is InChI=1S/C21H10Br2F3N5O5S/c22-15-5-12(31(35)36)6-16(23)19(15)29-18(32)9-37-20-13(8-27)14(21(24,25)26)7-17(28-20)10-1-3-11(4-2-10)30(33)34/h1-7H,9H2,(H,29,32). The molecule has 0 aliphatic heterocycles. The van der Waals surface area contributed by atoms with Crippen LogP contribution in [0.2, 0.25) is 0 Å². The first-order valence-corrected chi connectivity index (χ1v) is 12.2. The molecule has 1 amide bonds. The lowest BCUT2D eigenvalue weighted by atomic mass is 10.1. The fourth-order valence-electron chi connectivity index (χ4n) is 2.95. The number of carbonyl (C=O) groups excluding carboxylic acids is 1. The van der Waals surface area contributed by atoms with Crippen LogP contribution in [-0.2, 0) is 11.0 Å². The second-order valence-electron chi connectivity index (χ2n) is 7.03. The Morgan fingerprint density at radius 1 is 1.05 bits per heavy atom. The number of benzene rings is 2. The van der Waals surface area contributed by atoms with Crippen LogP contribution in [0.1, 0.15) is 11.1 Å². The number of nitriles is 1. The number of hydrogen-bond acceptors (Lipinski definition) is 8. The third-order valence-corrected chi connectivity index (χ3v) is 6.85. The maximum Gasteiger partial charge on any atom is 0.417 e. The van der Waals surface area contributed by atoms with E-state index in [-0.39, 0.29) is 42.3 Å². The number of non-ortho nitro benzene ring substituents is 2. The summed E-state index contributed by atoms with van der Waals surface area (Å²) in [6.45, 7) is 0. The highest BCUT2D eigenvalue weighted by molar-refractivity contribution is 9.11. The number of hydrogen-bond donors (Lipinski definition) is 1. The molecule has 0 bridgehead atoms. The Labute approximate surface area is 226 Å². The van der Waals surface area contributed by atoms with Gasteiger partial charge in [-0.1, -0.05) is 11.8 Å². The van der Waals surface area contributed by atoms with Crippen molar-refractivity contribution in [1.29, 1.82) is 5.26 Å². The second-order valence-corrected chi connectivity index (χ2v) is 9.70. The molecule has 0 saturated heterocycles. The molecular weight excluding hydrogens is 651 g/mol. The Morgan fingerprint density at radius 2 is 1.62 bits per heavy atom. The molecular formula is C21H10Br2F3N5O5S. The summed E-state index contributed by atoms with van der Waals surface area (Å²) in [5, 5.41) is 33.4. The van der Waals surface area contributed by atoms with E-state index in [1.165, 1.54) is 18.2 Å². The fraction of sp³-hybridized carbons (Fsp3) is 0.0952. The van der Waals surface area contributed by atoms with E-state index in [2.05, 4.69) is 42.2 Å². The molecule has 37 heavy (non-hydrogen) atoms. The molecule has 3 rings (SSSR count). The molecule has 0 aliphatic carbocycles. The largest absolute Gasteiger partial charge is 0.417 e. The molecule has 0 radical (unpaired) electrons. The van der Waals surface area contributed by atoms with E-state index in [4.69, 9.17) is 0 Å². The van der Waals surface area contributed by atoms with Crippen molar-refractivity contribution in [3.05, 3.63) is 82.8 Å². The third-order valence-electron chi connectivity index (χ3n) is 4.62. The summed E-state index contributed by atoms with van der Waals surface area (Å²) in [4.78, 5) is 37.2. The number of aromatic nitrogens is 1. The third kappa shape index (κ3) is 6.61. The average molecular weight is 661 g/mol. The predicted molar refractivity (Wildman–Crippen MR) is 134 cm³/mol. The summed E-state index contributed by atoms with van der Waals surface area (Å²) in [6.07, 6.45) is -4.92. The van der Waals surface area contributed by atoms with Crippen molar-refractivity contribution in [3.8, 4) is 17.3 Å². The minimum Gasteiger partial charge on any atom is -0.323 e. The minimum absolute atomic E-state index is 0.130. The van der Waals surface area contributed by atoms with Gasteiger partial charge in [0.25, 0.3) is 11.4 Å². The van der Waals surface area contributed by atoms with Crippen molar-refractivity contribution in [2.45, 2.75) is 11.2 Å². The molecule has 0 saturated carbocycles. The molecule has 3 aromatic rings. The highest BCUT2D eigenvalue weighted by atomic mass is 79.9. The van der Waals surface area contributed by atoms with Gasteiger partial charge in [0.05, 0.1) is 38.1 Å². The molecule has 1 N–H and O–H groups in total. The number of pyridine rings is 1. The lowest BCUT2D eigenvalue weighted by Gasteiger charge is -2.14. The van der Waals surface area contributed by atoms with Crippen LogP contribution >= 0.6 is 43.6 Å². The lowest BCUT2D eigenvalue weighted by Crippen LogP contribution is -2.16. The van der Waals surface area contributed by atoms with Crippen LogP contribution < -0.4 is 5.32 Å². The van der Waals surface area contributed by atoms with Crippen LogP contribution in [0.4, 0.5) is 30.2 Å². The average Bonchev–Trinajstić information content (AvgIpc) is 2.83. The molecule has 0 unspecified atom stereocenters. The van der Waals surface area contributed by atoms with Gasteiger partial charge in [-0.3, -0.25) is 25.0 Å². The van der Waals surface area contributed by atoms with Crippen molar-refractivity contribution in [2.75, 3.05) is 11.1 Å². The number of thioether (sulfide) groups is 1.